The summed E-state index contributed by atoms with van der Waals surface area (Å²) in [5.41, 5.74) is 6.65. The Balaban J connectivity index is 1.67. The number of ether oxygens (including phenoxy) is 2. The van der Waals surface area contributed by atoms with Gasteiger partial charge in [0.1, 0.15) is 11.9 Å². The Morgan fingerprint density at radius 1 is 1.30 bits per heavy atom. The first-order valence-electron chi connectivity index (χ1n) is 7.10. The lowest BCUT2D eigenvalue weighted by Crippen LogP contribution is -2.46. The van der Waals surface area contributed by atoms with Gasteiger partial charge >= 0.3 is 0 Å². The Kier molecular flexibility index (Phi) is 4.48. The van der Waals surface area contributed by atoms with Gasteiger partial charge in [0.25, 0.3) is 0 Å². The molecule has 5 heteroatoms. The Morgan fingerprint density at radius 3 is 2.85 bits per heavy atom. The Labute approximate surface area is 132 Å². The average Bonchev–Trinajstić information content (AvgIpc) is 2.38. The van der Waals surface area contributed by atoms with Gasteiger partial charge < -0.3 is 15.2 Å². The van der Waals surface area contributed by atoms with Crippen LogP contribution in [0, 0.1) is 0 Å². The third-order valence-corrected chi connectivity index (χ3v) is 5.49. The average molecular weight is 358 g/mol. The standard InChI is InChI=1S/C15H20BrNO2S/c16-11-7-12(17)9-14(8-11)19-13-1-4-18-15(10-13)2-5-20-6-3-15/h7-9,13H,1-6,10,17H2. The highest BCUT2D eigenvalue weighted by Gasteiger charge is 2.39. The van der Waals surface area contributed by atoms with Gasteiger partial charge in [-0.2, -0.15) is 11.8 Å². The van der Waals surface area contributed by atoms with Crippen LogP contribution in [0.15, 0.2) is 22.7 Å². The molecule has 0 aromatic heterocycles. The number of hydrogen-bond acceptors (Lipinski definition) is 4. The summed E-state index contributed by atoms with van der Waals surface area (Å²) in [6.07, 6.45) is 4.50. The number of benzene rings is 1. The minimum atomic E-state index is 0.0612. The monoisotopic (exact) mass is 357 g/mol. The maximum Gasteiger partial charge on any atom is 0.122 e. The summed E-state index contributed by atoms with van der Waals surface area (Å²) < 4.78 is 13.2. The fraction of sp³-hybridized carbons (Fsp3) is 0.600. The number of halogens is 1. The van der Waals surface area contributed by atoms with E-state index in [4.69, 9.17) is 15.2 Å². The lowest BCUT2D eigenvalue weighted by atomic mass is 9.86. The van der Waals surface area contributed by atoms with Gasteiger partial charge in [0, 0.05) is 29.1 Å². The molecular weight excluding hydrogens is 338 g/mol. The molecule has 110 valence electrons. The van der Waals surface area contributed by atoms with Crippen molar-refractivity contribution in [1.82, 2.24) is 0 Å². The molecule has 1 aromatic carbocycles. The molecule has 2 N–H and O–H groups in total. The van der Waals surface area contributed by atoms with Crippen molar-refractivity contribution >= 4 is 33.4 Å². The third-order valence-electron chi connectivity index (χ3n) is 4.05. The van der Waals surface area contributed by atoms with Gasteiger partial charge in [-0.3, -0.25) is 0 Å². The fourth-order valence-corrected chi connectivity index (χ4v) is 4.75. The van der Waals surface area contributed by atoms with Gasteiger partial charge in [-0.05, 0) is 36.5 Å². The smallest absolute Gasteiger partial charge is 0.122 e. The number of anilines is 1. The van der Waals surface area contributed by atoms with Gasteiger partial charge in [-0.15, -0.1) is 0 Å². The van der Waals surface area contributed by atoms with Crippen molar-refractivity contribution < 1.29 is 9.47 Å². The molecule has 0 radical (unpaired) electrons. The molecule has 20 heavy (non-hydrogen) atoms. The minimum absolute atomic E-state index is 0.0612. The van der Waals surface area contributed by atoms with Crippen LogP contribution >= 0.6 is 27.7 Å². The van der Waals surface area contributed by atoms with Gasteiger partial charge in [0.05, 0.1) is 12.2 Å². The summed E-state index contributed by atoms with van der Waals surface area (Å²) in [7, 11) is 0. The first-order valence-corrected chi connectivity index (χ1v) is 9.04. The van der Waals surface area contributed by atoms with Crippen molar-refractivity contribution in [2.75, 3.05) is 23.8 Å². The van der Waals surface area contributed by atoms with Crippen LogP contribution in [0.4, 0.5) is 5.69 Å². The zero-order chi connectivity index (χ0) is 14.0. The van der Waals surface area contributed by atoms with E-state index < -0.39 is 0 Å². The summed E-state index contributed by atoms with van der Waals surface area (Å²) in [6.45, 7) is 0.804. The van der Waals surface area contributed by atoms with Crippen LogP contribution in [0.2, 0.25) is 0 Å². The second kappa shape index (κ2) is 6.16. The normalized spacial score (nSPS) is 25.6. The molecule has 2 heterocycles. The van der Waals surface area contributed by atoms with Crippen molar-refractivity contribution in [3.8, 4) is 5.75 Å². The molecule has 1 spiro atoms. The predicted molar refractivity (Wildman–Crippen MR) is 87.4 cm³/mol. The van der Waals surface area contributed by atoms with Crippen molar-refractivity contribution in [3.05, 3.63) is 22.7 Å². The highest BCUT2D eigenvalue weighted by Crippen LogP contribution is 2.39. The Hall–Kier alpha value is -0.390. The molecule has 1 unspecified atom stereocenters. The second-order valence-electron chi connectivity index (χ2n) is 5.60. The van der Waals surface area contributed by atoms with E-state index in [-0.39, 0.29) is 11.7 Å². The Bertz CT molecular complexity index is 451. The van der Waals surface area contributed by atoms with Crippen molar-refractivity contribution in [2.45, 2.75) is 37.4 Å². The van der Waals surface area contributed by atoms with E-state index in [2.05, 4.69) is 15.9 Å². The van der Waals surface area contributed by atoms with Crippen LogP contribution in [0.3, 0.4) is 0 Å². The minimum Gasteiger partial charge on any atom is -0.490 e. The number of nitrogens with two attached hydrogens (primary N) is 1. The molecule has 2 saturated heterocycles. The SMILES string of the molecule is Nc1cc(Br)cc(OC2CCOC3(CCSCC3)C2)c1. The first kappa shape index (κ1) is 14.5. The molecule has 0 amide bonds. The molecule has 3 nitrogen and oxygen atoms in total. The van der Waals surface area contributed by atoms with Gasteiger partial charge in [-0.25, -0.2) is 0 Å². The highest BCUT2D eigenvalue weighted by atomic mass is 79.9. The van der Waals surface area contributed by atoms with E-state index in [1.807, 2.05) is 30.0 Å². The van der Waals surface area contributed by atoms with E-state index in [9.17, 15) is 0 Å². The van der Waals surface area contributed by atoms with Crippen LogP contribution in [-0.4, -0.2) is 29.8 Å². The summed E-state index contributed by atoms with van der Waals surface area (Å²) in [5.74, 6) is 3.26. The molecular formula is C15H20BrNO2S. The van der Waals surface area contributed by atoms with E-state index in [1.165, 1.54) is 11.5 Å². The van der Waals surface area contributed by atoms with E-state index in [1.54, 1.807) is 0 Å². The molecule has 2 fully saturated rings. The Morgan fingerprint density at radius 2 is 2.10 bits per heavy atom. The van der Waals surface area contributed by atoms with E-state index in [0.29, 0.717) is 0 Å². The summed E-state index contributed by atoms with van der Waals surface area (Å²) in [4.78, 5) is 0. The van der Waals surface area contributed by atoms with Crippen LogP contribution in [0.5, 0.6) is 5.75 Å². The molecule has 1 aromatic rings. The quantitative estimate of drug-likeness (QED) is 0.816. The molecule has 2 aliphatic heterocycles. The third kappa shape index (κ3) is 3.43. The van der Waals surface area contributed by atoms with Crippen molar-refractivity contribution in [3.63, 3.8) is 0 Å². The van der Waals surface area contributed by atoms with E-state index >= 15 is 0 Å². The number of rotatable bonds is 2. The largest absolute Gasteiger partial charge is 0.490 e. The van der Waals surface area contributed by atoms with Crippen LogP contribution in [-0.2, 0) is 4.74 Å². The predicted octanol–water partition coefficient (Wildman–Crippen LogP) is 3.85. The summed E-state index contributed by atoms with van der Waals surface area (Å²) in [6, 6.07) is 5.76. The zero-order valence-electron chi connectivity index (χ0n) is 11.4. The zero-order valence-corrected chi connectivity index (χ0v) is 13.8. The maximum atomic E-state index is 6.15. The van der Waals surface area contributed by atoms with Crippen LogP contribution in [0.25, 0.3) is 0 Å². The number of nitrogen functional groups attached to an aromatic ring is 1. The lowest BCUT2D eigenvalue weighted by molar-refractivity contribution is -0.116. The molecule has 3 rings (SSSR count). The summed E-state index contributed by atoms with van der Waals surface area (Å²) >= 11 is 5.49. The van der Waals surface area contributed by atoms with E-state index in [0.717, 1.165) is 48.2 Å². The fourth-order valence-electron chi connectivity index (χ4n) is 3.02. The van der Waals surface area contributed by atoms with Crippen LogP contribution < -0.4 is 10.5 Å². The maximum absolute atomic E-state index is 6.15. The van der Waals surface area contributed by atoms with Gasteiger partial charge in [0.15, 0.2) is 0 Å². The van der Waals surface area contributed by atoms with Gasteiger partial charge in [-0.1, -0.05) is 15.9 Å². The second-order valence-corrected chi connectivity index (χ2v) is 7.74. The van der Waals surface area contributed by atoms with Gasteiger partial charge in [0.2, 0.25) is 0 Å². The van der Waals surface area contributed by atoms with Crippen molar-refractivity contribution in [2.24, 2.45) is 0 Å². The summed E-state index contributed by atoms with van der Waals surface area (Å²) in [5, 5.41) is 0. The molecule has 1 atom stereocenters. The molecule has 2 aliphatic rings. The molecule has 0 bridgehead atoms. The first-order chi connectivity index (χ1) is 9.65. The lowest BCUT2D eigenvalue weighted by Gasteiger charge is -2.43. The molecule has 0 saturated carbocycles. The highest BCUT2D eigenvalue weighted by molar-refractivity contribution is 9.10. The number of thioether (sulfide) groups is 1. The number of hydrogen-bond donors (Lipinski definition) is 1. The van der Waals surface area contributed by atoms with Crippen molar-refractivity contribution in [1.29, 1.82) is 0 Å². The molecule has 0 aliphatic carbocycles. The topological polar surface area (TPSA) is 44.5 Å². The van der Waals surface area contributed by atoms with Crippen LogP contribution in [0.1, 0.15) is 25.7 Å².